The van der Waals surface area contributed by atoms with E-state index in [1.807, 2.05) is 11.3 Å². The summed E-state index contributed by atoms with van der Waals surface area (Å²) in [5.41, 5.74) is 1.22. The van der Waals surface area contributed by atoms with Crippen molar-refractivity contribution < 1.29 is 0 Å². The topological polar surface area (TPSA) is 28.2 Å². The SMILES string of the molecule is CNC1CCN(C(C)c2sc(C)nc2C)C(C)C1. The Morgan fingerprint density at radius 1 is 1.44 bits per heavy atom. The minimum absolute atomic E-state index is 0.504. The molecule has 1 aromatic heterocycles. The lowest BCUT2D eigenvalue weighted by Crippen LogP contribution is -2.47. The summed E-state index contributed by atoms with van der Waals surface area (Å²) >= 11 is 1.86. The van der Waals surface area contributed by atoms with Crippen molar-refractivity contribution in [3.05, 3.63) is 15.6 Å². The van der Waals surface area contributed by atoms with Gasteiger partial charge in [0.05, 0.1) is 10.7 Å². The van der Waals surface area contributed by atoms with Crippen molar-refractivity contribution in [1.29, 1.82) is 0 Å². The van der Waals surface area contributed by atoms with E-state index in [2.05, 4.69) is 49.9 Å². The van der Waals surface area contributed by atoms with E-state index in [0.29, 0.717) is 18.1 Å². The highest BCUT2D eigenvalue weighted by atomic mass is 32.1. The second-order valence-electron chi connectivity index (χ2n) is 5.46. The van der Waals surface area contributed by atoms with Gasteiger partial charge in [-0.05, 0) is 47.6 Å². The van der Waals surface area contributed by atoms with E-state index in [4.69, 9.17) is 0 Å². The molecule has 0 aromatic carbocycles. The van der Waals surface area contributed by atoms with Gasteiger partial charge in [0.15, 0.2) is 0 Å². The number of aryl methyl sites for hydroxylation is 2. The normalized spacial score (nSPS) is 27.4. The molecule has 0 bridgehead atoms. The molecule has 3 nitrogen and oxygen atoms in total. The maximum atomic E-state index is 4.56. The third kappa shape index (κ3) is 2.76. The molecule has 0 radical (unpaired) electrons. The van der Waals surface area contributed by atoms with E-state index < -0.39 is 0 Å². The van der Waals surface area contributed by atoms with Gasteiger partial charge in [0, 0.05) is 29.5 Å². The van der Waals surface area contributed by atoms with E-state index in [9.17, 15) is 0 Å². The van der Waals surface area contributed by atoms with E-state index in [-0.39, 0.29) is 0 Å². The second kappa shape index (κ2) is 5.68. The molecule has 0 spiro atoms. The molecule has 1 aliphatic rings. The molecule has 0 amide bonds. The maximum absolute atomic E-state index is 4.56. The quantitative estimate of drug-likeness (QED) is 0.913. The standard InChI is InChI=1S/C14H25N3S/c1-9-8-13(15-5)6-7-17(9)11(3)14-10(2)16-12(4)18-14/h9,11,13,15H,6-8H2,1-5H3. The summed E-state index contributed by atoms with van der Waals surface area (Å²) < 4.78 is 0. The summed E-state index contributed by atoms with van der Waals surface area (Å²) in [5.74, 6) is 0. The average molecular weight is 267 g/mol. The summed E-state index contributed by atoms with van der Waals surface area (Å²) in [7, 11) is 2.08. The van der Waals surface area contributed by atoms with Crippen LogP contribution in [-0.2, 0) is 0 Å². The van der Waals surface area contributed by atoms with E-state index in [1.54, 1.807) is 0 Å². The predicted molar refractivity (Wildman–Crippen MR) is 78.3 cm³/mol. The van der Waals surface area contributed by atoms with E-state index in [1.165, 1.54) is 35.0 Å². The minimum atomic E-state index is 0.504. The van der Waals surface area contributed by atoms with Gasteiger partial charge in [-0.3, -0.25) is 4.90 Å². The van der Waals surface area contributed by atoms with Crippen LogP contribution >= 0.6 is 11.3 Å². The molecule has 1 saturated heterocycles. The highest BCUT2D eigenvalue weighted by Gasteiger charge is 2.29. The lowest BCUT2D eigenvalue weighted by atomic mass is 9.96. The zero-order valence-electron chi connectivity index (χ0n) is 12.2. The van der Waals surface area contributed by atoms with Crippen LogP contribution in [0.5, 0.6) is 0 Å². The van der Waals surface area contributed by atoms with Gasteiger partial charge in [-0.1, -0.05) is 0 Å². The lowest BCUT2D eigenvalue weighted by Gasteiger charge is -2.41. The number of aromatic nitrogens is 1. The Morgan fingerprint density at radius 2 is 2.17 bits per heavy atom. The van der Waals surface area contributed by atoms with Crippen molar-refractivity contribution in [2.45, 2.75) is 58.7 Å². The van der Waals surface area contributed by atoms with Crippen molar-refractivity contribution in [3.63, 3.8) is 0 Å². The molecule has 0 saturated carbocycles. The Hall–Kier alpha value is -0.450. The van der Waals surface area contributed by atoms with Crippen LogP contribution in [0.2, 0.25) is 0 Å². The molecule has 1 aliphatic heterocycles. The van der Waals surface area contributed by atoms with E-state index >= 15 is 0 Å². The van der Waals surface area contributed by atoms with Crippen LogP contribution in [0.3, 0.4) is 0 Å². The largest absolute Gasteiger partial charge is 0.317 e. The van der Waals surface area contributed by atoms with Crippen LogP contribution < -0.4 is 5.32 Å². The van der Waals surface area contributed by atoms with Crippen molar-refractivity contribution in [3.8, 4) is 0 Å². The molecule has 3 unspecified atom stereocenters. The highest BCUT2D eigenvalue weighted by Crippen LogP contribution is 2.33. The zero-order chi connectivity index (χ0) is 13.3. The first-order chi connectivity index (χ1) is 8.52. The predicted octanol–water partition coefficient (Wildman–Crippen LogP) is 2.89. The lowest BCUT2D eigenvalue weighted by molar-refractivity contribution is 0.0987. The van der Waals surface area contributed by atoms with Crippen LogP contribution in [0.4, 0.5) is 0 Å². The number of hydrogen-bond acceptors (Lipinski definition) is 4. The summed E-state index contributed by atoms with van der Waals surface area (Å²) in [5, 5.41) is 4.60. The molecule has 2 rings (SSSR count). The zero-order valence-corrected chi connectivity index (χ0v) is 13.0. The molecule has 1 aromatic rings. The minimum Gasteiger partial charge on any atom is -0.317 e. The Bertz CT molecular complexity index is 402. The number of nitrogens with one attached hydrogen (secondary N) is 1. The van der Waals surface area contributed by atoms with Crippen LogP contribution in [0.1, 0.15) is 48.3 Å². The number of piperidine rings is 1. The maximum Gasteiger partial charge on any atom is 0.0900 e. The summed E-state index contributed by atoms with van der Waals surface area (Å²) in [4.78, 5) is 8.64. The van der Waals surface area contributed by atoms with Gasteiger partial charge in [-0.2, -0.15) is 0 Å². The van der Waals surface area contributed by atoms with Gasteiger partial charge >= 0.3 is 0 Å². The number of nitrogens with zero attached hydrogens (tertiary/aromatic N) is 2. The third-order valence-electron chi connectivity index (χ3n) is 4.15. The van der Waals surface area contributed by atoms with Gasteiger partial charge in [-0.25, -0.2) is 4.98 Å². The van der Waals surface area contributed by atoms with Crippen LogP contribution in [-0.4, -0.2) is 35.6 Å². The fourth-order valence-corrected chi connectivity index (χ4v) is 4.11. The summed E-state index contributed by atoms with van der Waals surface area (Å²) in [6.07, 6.45) is 2.50. The average Bonchev–Trinajstić information content (AvgIpc) is 2.67. The number of likely N-dealkylation sites (tertiary alicyclic amines) is 1. The molecular formula is C14H25N3S. The first-order valence-corrected chi connectivity index (χ1v) is 7.71. The summed E-state index contributed by atoms with van der Waals surface area (Å²) in [6.45, 7) is 10.1. The molecule has 0 aliphatic carbocycles. The molecule has 1 fully saturated rings. The second-order valence-corrected chi connectivity index (χ2v) is 6.69. The van der Waals surface area contributed by atoms with Crippen molar-refractivity contribution in [2.24, 2.45) is 0 Å². The third-order valence-corrected chi connectivity index (χ3v) is 5.40. The number of hydrogen-bond donors (Lipinski definition) is 1. The van der Waals surface area contributed by atoms with Crippen LogP contribution in [0.15, 0.2) is 0 Å². The molecule has 1 N–H and O–H groups in total. The Morgan fingerprint density at radius 3 is 2.67 bits per heavy atom. The van der Waals surface area contributed by atoms with Gasteiger partial charge in [0.25, 0.3) is 0 Å². The first kappa shape index (κ1) is 14.0. The molecule has 102 valence electrons. The van der Waals surface area contributed by atoms with Crippen molar-refractivity contribution in [2.75, 3.05) is 13.6 Å². The van der Waals surface area contributed by atoms with Gasteiger partial charge in [0.1, 0.15) is 0 Å². The van der Waals surface area contributed by atoms with Crippen LogP contribution in [0.25, 0.3) is 0 Å². The highest BCUT2D eigenvalue weighted by molar-refractivity contribution is 7.11. The monoisotopic (exact) mass is 267 g/mol. The molecule has 4 heteroatoms. The van der Waals surface area contributed by atoms with Gasteiger partial charge in [0.2, 0.25) is 0 Å². The number of thiazole rings is 1. The van der Waals surface area contributed by atoms with Gasteiger partial charge in [-0.15, -0.1) is 11.3 Å². The fourth-order valence-electron chi connectivity index (χ4n) is 3.11. The first-order valence-electron chi connectivity index (χ1n) is 6.89. The fraction of sp³-hybridized carbons (Fsp3) is 0.786. The van der Waals surface area contributed by atoms with Crippen LogP contribution in [0, 0.1) is 13.8 Å². The van der Waals surface area contributed by atoms with E-state index in [0.717, 1.165) is 0 Å². The Labute approximate surface area is 115 Å². The molecule has 18 heavy (non-hydrogen) atoms. The number of rotatable bonds is 3. The summed E-state index contributed by atoms with van der Waals surface area (Å²) in [6, 6.07) is 1.84. The van der Waals surface area contributed by atoms with Crippen molar-refractivity contribution in [1.82, 2.24) is 15.2 Å². The molecule has 3 atom stereocenters. The molecule has 2 heterocycles. The van der Waals surface area contributed by atoms with Gasteiger partial charge < -0.3 is 5.32 Å². The Kier molecular flexibility index (Phi) is 4.41. The Balaban J connectivity index is 2.10. The molecular weight excluding hydrogens is 242 g/mol. The smallest absolute Gasteiger partial charge is 0.0900 e. The van der Waals surface area contributed by atoms with Crippen molar-refractivity contribution >= 4 is 11.3 Å².